The summed E-state index contributed by atoms with van der Waals surface area (Å²) in [5.74, 6) is 0.854. The Balaban J connectivity index is 0.773. The van der Waals surface area contributed by atoms with E-state index in [2.05, 4.69) is 27.8 Å². The Morgan fingerprint density at radius 1 is 0.940 bits per heavy atom. The molecule has 2 aliphatic carbocycles. The van der Waals surface area contributed by atoms with Gasteiger partial charge in [0.2, 0.25) is 12.2 Å². The summed E-state index contributed by atoms with van der Waals surface area (Å²) in [6.45, 7) is 1.24. The van der Waals surface area contributed by atoms with Crippen LogP contribution in [0.4, 0.5) is 9.18 Å². The molecule has 5 aliphatic rings. The number of alkyl carbamates (subject to hydrolysis) is 1. The lowest BCUT2D eigenvalue weighted by molar-refractivity contribution is -0.271. The highest BCUT2D eigenvalue weighted by molar-refractivity contribution is 5.97. The van der Waals surface area contributed by atoms with Crippen molar-refractivity contribution in [3.05, 3.63) is 91.0 Å². The van der Waals surface area contributed by atoms with Gasteiger partial charge in [0.15, 0.2) is 23.3 Å². The van der Waals surface area contributed by atoms with Gasteiger partial charge in [-0.3, -0.25) is 24.0 Å². The number of ether oxygens (including phenoxy) is 6. The molecule has 8 atom stereocenters. The highest BCUT2D eigenvalue weighted by Gasteiger charge is 2.49. The van der Waals surface area contributed by atoms with E-state index in [9.17, 15) is 63.9 Å². The van der Waals surface area contributed by atoms with Crippen molar-refractivity contribution in [2.75, 3.05) is 32.9 Å². The fourth-order valence-electron chi connectivity index (χ4n) is 10.9. The van der Waals surface area contributed by atoms with Crippen LogP contribution >= 0.6 is 0 Å². The Morgan fingerprint density at radius 2 is 1.75 bits per heavy atom. The summed E-state index contributed by atoms with van der Waals surface area (Å²) < 4.78 is 49.6. The average Bonchev–Trinajstić information content (AvgIpc) is 1.97. The normalized spacial score (nSPS) is 23.2. The van der Waals surface area contributed by atoms with Crippen LogP contribution in [0.1, 0.15) is 126 Å². The largest absolute Gasteiger partial charge is 0.479 e. The van der Waals surface area contributed by atoms with Gasteiger partial charge in [0.1, 0.15) is 62.4 Å². The number of esters is 1. The van der Waals surface area contributed by atoms with Crippen molar-refractivity contribution in [2.45, 2.75) is 153 Å². The van der Waals surface area contributed by atoms with Gasteiger partial charge in [-0.25, -0.2) is 23.8 Å². The average molecular weight is 1150 g/mol. The predicted molar refractivity (Wildman–Crippen MR) is 286 cm³/mol. The van der Waals surface area contributed by atoms with Crippen LogP contribution in [-0.4, -0.2) is 146 Å². The van der Waals surface area contributed by atoms with Gasteiger partial charge in [-0.1, -0.05) is 25.3 Å². The number of benzene rings is 2. The Bertz CT molecular complexity index is 3370. The van der Waals surface area contributed by atoms with Crippen molar-refractivity contribution in [1.29, 1.82) is 0 Å². The summed E-state index contributed by atoms with van der Waals surface area (Å²) in [4.78, 5) is 109. The Kier molecular flexibility index (Phi) is 18.6. The minimum atomic E-state index is -2.06. The van der Waals surface area contributed by atoms with Crippen molar-refractivity contribution < 1.29 is 91.9 Å². The predicted octanol–water partition coefficient (Wildman–Crippen LogP) is 2.24. The first-order valence-electron chi connectivity index (χ1n) is 27.5. The minimum absolute atomic E-state index is 0.00720. The van der Waals surface area contributed by atoms with Crippen molar-refractivity contribution in [3.63, 3.8) is 0 Å². The fourth-order valence-corrected chi connectivity index (χ4v) is 10.9. The van der Waals surface area contributed by atoms with E-state index in [1.807, 2.05) is 0 Å². The molecule has 4 aromatic rings. The van der Waals surface area contributed by atoms with Gasteiger partial charge >= 0.3 is 18.0 Å². The molecule has 442 valence electrons. The van der Waals surface area contributed by atoms with Crippen molar-refractivity contribution in [2.24, 2.45) is 0 Å². The smallest absolute Gasteiger partial charge is 0.407 e. The molecule has 3 aliphatic heterocycles. The topological polar surface area (TPSA) is 347 Å². The molecule has 1 fully saturated rings. The summed E-state index contributed by atoms with van der Waals surface area (Å²) in [6, 6.07) is 6.10. The van der Waals surface area contributed by atoms with Gasteiger partial charge in [0, 0.05) is 48.4 Å². The molecular weight excluding hydrogens is 1090 g/mol. The second-order valence-electron chi connectivity index (χ2n) is 21.0. The number of ketones is 2. The summed E-state index contributed by atoms with van der Waals surface area (Å²) in [7, 11) is 0. The van der Waals surface area contributed by atoms with Crippen LogP contribution in [-0.2, 0) is 79.4 Å². The van der Waals surface area contributed by atoms with Crippen molar-refractivity contribution in [1.82, 2.24) is 25.5 Å². The number of carboxylic acids is 1. The number of carboxylic acid groups (broad SMARTS) is 1. The number of aliphatic carboxylic acids is 1. The number of aromatic nitrogens is 2. The SMILES string of the molecule is CC[C@@]1(O)C(=O)OCc2c1cc1n(c2=O)Cc2c-1nc1cc(F)c(C)c3c1c2[C@@H](NC(=O)COCCC(=O)CNC(=O)OCc1ccc(O[C@@H]2O[C@H](C(=O)O)[C@@H](O)[C@H](O)[C@H]2O)c(C(=O)NCCCC(=O)COC2C#CCCCCC2)c1)CC3. The molecule has 0 bridgehead atoms. The number of hydrogen-bond acceptors (Lipinski definition) is 19. The molecule has 2 aromatic heterocycles. The lowest BCUT2D eigenvalue weighted by Gasteiger charge is -2.38. The van der Waals surface area contributed by atoms with E-state index in [0.29, 0.717) is 57.4 Å². The molecular formula is C58H64FN5O19. The third-order valence-electron chi connectivity index (χ3n) is 15.5. The summed E-state index contributed by atoms with van der Waals surface area (Å²) in [6.07, 6.45) is -5.90. The number of aliphatic hydroxyl groups excluding tert-OH is 3. The van der Waals surface area contributed by atoms with Gasteiger partial charge in [0.25, 0.3) is 11.5 Å². The first-order valence-corrected chi connectivity index (χ1v) is 27.5. The number of halogens is 1. The zero-order valence-electron chi connectivity index (χ0n) is 45.6. The molecule has 0 saturated carbocycles. The molecule has 9 rings (SSSR count). The van der Waals surface area contributed by atoms with E-state index in [1.54, 1.807) is 19.9 Å². The van der Waals surface area contributed by atoms with E-state index in [4.69, 9.17) is 33.4 Å². The third-order valence-corrected chi connectivity index (χ3v) is 15.5. The summed E-state index contributed by atoms with van der Waals surface area (Å²) >= 11 is 0. The third kappa shape index (κ3) is 12.9. The van der Waals surface area contributed by atoms with E-state index < -0.39 is 109 Å². The molecule has 8 N–H and O–H groups in total. The molecule has 24 nitrogen and oxygen atoms in total. The molecule has 5 heterocycles. The van der Waals surface area contributed by atoms with E-state index in [0.717, 1.165) is 32.1 Å². The van der Waals surface area contributed by atoms with Gasteiger partial charge in [0.05, 0.1) is 53.8 Å². The zero-order valence-corrected chi connectivity index (χ0v) is 45.6. The maximum Gasteiger partial charge on any atom is 0.407 e. The highest BCUT2D eigenvalue weighted by atomic mass is 19.1. The number of cyclic esters (lactones) is 1. The fraction of sp³-hybridized carbons (Fsp3) is 0.500. The number of carbonyl (C=O) groups is 7. The number of nitrogens with zero attached hydrogens (tertiary/aromatic N) is 2. The van der Waals surface area contributed by atoms with Crippen LogP contribution in [0.3, 0.4) is 0 Å². The number of rotatable bonds is 22. The number of carbonyl (C=O) groups excluding carboxylic acids is 6. The lowest BCUT2D eigenvalue weighted by Crippen LogP contribution is -2.61. The van der Waals surface area contributed by atoms with Gasteiger partial charge in [-0.15, -0.1) is 5.92 Å². The van der Waals surface area contributed by atoms with E-state index in [1.165, 1.54) is 28.8 Å². The van der Waals surface area contributed by atoms with Crippen LogP contribution in [0, 0.1) is 24.6 Å². The molecule has 2 aromatic carbocycles. The number of fused-ring (bicyclic) bond motifs is 5. The zero-order chi connectivity index (χ0) is 59.3. The highest BCUT2D eigenvalue weighted by Crippen LogP contribution is 2.46. The molecule has 3 amide bonds. The van der Waals surface area contributed by atoms with Crippen LogP contribution in [0.25, 0.3) is 22.3 Å². The van der Waals surface area contributed by atoms with Crippen molar-refractivity contribution >= 4 is 52.3 Å². The summed E-state index contributed by atoms with van der Waals surface area (Å²) in [5, 5.41) is 60.7. The van der Waals surface area contributed by atoms with Crippen LogP contribution < -0.4 is 26.2 Å². The van der Waals surface area contributed by atoms with Gasteiger partial charge in [-0.05, 0) is 92.3 Å². The number of aliphatic hydroxyl groups is 4. The standard InChI is InChI=1S/C58H64FN5O19/c1-3-58(77)38-21-42-47-36(24-64(42)53(72)37(38)27-80-56(58)75)46-40(15-14-34-29(2)39(59)22-41(63-47)45(34)46)62-44(67)28-78-19-17-31(65)23-61-57(76)81-25-30-13-16-43(82-55-50(70)48(68)49(69)51(83-55)54(73)74)35(20-30)52(71)60-18-9-10-32(66)26-79-33-11-7-5-4-6-8-12-33/h13,16,20-22,33,40,48-51,55,68-70,77H,3-7,9-11,14-15,17-19,23-28H2,1-2H3,(H,60,71)(H,61,76)(H,62,67)(H,73,74)/t33?,40-,48-,49-,50+,51-,55+,58-/m0/s1. The van der Waals surface area contributed by atoms with E-state index in [-0.39, 0.29) is 98.5 Å². The molecule has 1 saturated heterocycles. The van der Waals surface area contributed by atoms with Crippen LogP contribution in [0.2, 0.25) is 0 Å². The number of Topliss-reactive ketones (excluding diaryl/α,β-unsaturated/α-hetero) is 2. The van der Waals surface area contributed by atoms with E-state index >= 15 is 4.39 Å². The second kappa shape index (κ2) is 25.8. The minimum Gasteiger partial charge on any atom is -0.479 e. The molecule has 25 heteroatoms. The molecule has 83 heavy (non-hydrogen) atoms. The molecule has 0 radical (unpaired) electrons. The van der Waals surface area contributed by atoms with Crippen LogP contribution in [0.5, 0.6) is 5.75 Å². The number of nitrogens with one attached hydrogen (secondary N) is 3. The van der Waals surface area contributed by atoms with Gasteiger partial charge < -0.3 is 74.5 Å². The lowest BCUT2D eigenvalue weighted by atomic mass is 9.81. The Hall–Kier alpha value is -7.70. The number of amides is 3. The quantitative estimate of drug-likeness (QED) is 0.0280. The Labute approximate surface area is 473 Å². The van der Waals surface area contributed by atoms with Crippen molar-refractivity contribution in [3.8, 4) is 29.0 Å². The molecule has 1 unspecified atom stereocenters. The number of pyridine rings is 2. The first kappa shape index (κ1) is 59.9. The van der Waals surface area contributed by atoms with Crippen LogP contribution in [0.15, 0.2) is 35.1 Å². The Morgan fingerprint density at radius 3 is 2.53 bits per heavy atom. The summed E-state index contributed by atoms with van der Waals surface area (Å²) in [5.41, 5.74) is 1.09. The van der Waals surface area contributed by atoms with Gasteiger partial charge in [-0.2, -0.15) is 0 Å². The maximum absolute atomic E-state index is 15.4. The molecule has 0 spiro atoms. The maximum atomic E-state index is 15.4. The monoisotopic (exact) mass is 1150 g/mol. The number of hydrogen-bond donors (Lipinski definition) is 8. The number of aryl methyl sites for hydroxylation is 1. The second-order valence-corrected chi connectivity index (χ2v) is 21.0. The first-order chi connectivity index (χ1) is 39.8.